The third kappa shape index (κ3) is 19.6. The van der Waals surface area contributed by atoms with Crippen LogP contribution in [0.25, 0.3) is 0 Å². The van der Waals surface area contributed by atoms with E-state index in [0.717, 1.165) is 6.92 Å². The van der Waals surface area contributed by atoms with E-state index in [4.69, 9.17) is 90.0 Å². The molecule has 0 aromatic carbocycles. The fourth-order valence-electron chi connectivity index (χ4n) is 14.7. The molecule has 0 spiro atoms. The predicted octanol–water partition coefficient (Wildman–Crippen LogP) is -22.7. The van der Waals surface area contributed by atoms with Crippen LogP contribution in [0.15, 0.2) is 0 Å². The molecule has 664 valence electrons. The van der Waals surface area contributed by atoms with Crippen LogP contribution in [0.3, 0.4) is 0 Å². The van der Waals surface area contributed by atoms with Crippen LogP contribution < -0.4 is 5.32 Å². The zero-order valence-corrected chi connectivity index (χ0v) is 60.0. The van der Waals surface area contributed by atoms with Gasteiger partial charge in [-0.25, -0.2) is 0 Å². The normalized spacial score (nSPS) is 52.6. The lowest BCUT2D eigenvalue weighted by atomic mass is 9.94. The van der Waals surface area contributed by atoms with Crippen LogP contribution in [0.2, 0.25) is 0 Å². The molecule has 32 N–H and O–H groups in total. The summed E-state index contributed by atoms with van der Waals surface area (Å²) in [4.78, 5) is 12.3. The van der Waals surface area contributed by atoms with Gasteiger partial charge >= 0.3 is 0 Å². The summed E-state index contributed by atoms with van der Waals surface area (Å²) >= 11 is 0. The van der Waals surface area contributed by atoms with E-state index < -0.39 is 379 Å². The van der Waals surface area contributed by atoms with Crippen LogP contribution in [0, 0.1) is 0 Å². The van der Waals surface area contributed by atoms with Crippen molar-refractivity contribution in [2.45, 2.75) is 314 Å². The second kappa shape index (κ2) is 40.6. The van der Waals surface area contributed by atoms with Crippen molar-refractivity contribution >= 4 is 5.91 Å². The van der Waals surface area contributed by atoms with Gasteiger partial charge in [-0.2, -0.15) is 0 Å². The van der Waals surface area contributed by atoms with Crippen molar-refractivity contribution in [3.05, 3.63) is 0 Å². The number of aliphatic hydroxyl groups excluding tert-OH is 31. The van der Waals surface area contributed by atoms with E-state index >= 15 is 0 Å². The SMILES string of the molecule is CC(=O)N[C@H]1C(O)O[C@H](CO)[C@@H](O[C@@H]2O[C@H](CO[C@H]3O[C@H](CO)[C@@H](O)[C@H](O[C@H]4O[C@H](CO)[C@@H](O)[C@@H](O)[C@@H]4O[C@H]4O[C@H](CO)[C@@H](O)[C@H](O)[C@@H]4O)[C@@H]3O)[C@@H](O)[C@H](O[C@H]3O[C@H](CO)[C@@H](O)[C@H](O)[C@@H]3O[C@H]3O[C@H](CO)[C@@H](O)[C@H](O)[C@@H]3O[C@H]3O[C@H](CO)[C@@H](O)[C@H](O[C@H]4O[C@H](CO)[C@@H](O)[C@H](O[C@H]5O[C@H](CO)[C@@H](O)[C@H](O)[C@H]5O)[C@H]4O)[C@@H]3O)[C@@H]2O)[C@@H]1O. The van der Waals surface area contributed by atoms with Crippen LogP contribution >= 0.6 is 0 Å². The van der Waals surface area contributed by atoms with Gasteiger partial charge in [-0.1, -0.05) is 0 Å². The first-order valence-corrected chi connectivity index (χ1v) is 36.2. The van der Waals surface area contributed by atoms with Crippen molar-refractivity contribution in [2.24, 2.45) is 0 Å². The molecule has 10 fully saturated rings. The van der Waals surface area contributed by atoms with Crippen molar-refractivity contribution < 1.29 is 253 Å². The maximum absolute atomic E-state index is 12.4. The van der Waals surface area contributed by atoms with Crippen molar-refractivity contribution in [1.82, 2.24) is 5.32 Å². The molecule has 10 heterocycles. The molecule has 50 atom stereocenters. The molecule has 10 rings (SSSR count). The average molecular weight is 1680 g/mol. The quantitative estimate of drug-likeness (QED) is 0.0331. The van der Waals surface area contributed by atoms with Crippen LogP contribution in [0.1, 0.15) is 6.92 Å². The van der Waals surface area contributed by atoms with Crippen LogP contribution in [0.5, 0.6) is 0 Å². The Morgan fingerprint density at radius 3 is 0.772 bits per heavy atom. The van der Waals surface area contributed by atoms with Gasteiger partial charge in [-0.3, -0.25) is 4.79 Å². The molecule has 0 aliphatic carbocycles. The first-order chi connectivity index (χ1) is 54.1. The molecule has 0 aromatic heterocycles. The number of rotatable bonds is 29. The van der Waals surface area contributed by atoms with E-state index in [0.29, 0.717) is 0 Å². The minimum atomic E-state index is -2.55. The van der Waals surface area contributed by atoms with Gasteiger partial charge in [0.25, 0.3) is 0 Å². The number of carbonyl (C=O) groups excluding carboxylic acids is 1. The predicted molar refractivity (Wildman–Crippen MR) is 341 cm³/mol. The van der Waals surface area contributed by atoms with E-state index in [1.54, 1.807) is 0 Å². The van der Waals surface area contributed by atoms with Gasteiger partial charge in [0.1, 0.15) is 244 Å². The third-order valence-electron chi connectivity index (χ3n) is 21.3. The summed E-state index contributed by atoms with van der Waals surface area (Å²) in [6.45, 7) is -10.2. The Bertz CT molecular complexity index is 2920. The van der Waals surface area contributed by atoms with Crippen LogP contribution in [0.4, 0.5) is 0 Å². The number of hydrogen-bond acceptors (Lipinski definition) is 51. The first-order valence-electron chi connectivity index (χ1n) is 36.2. The van der Waals surface area contributed by atoms with Gasteiger partial charge in [-0.05, 0) is 0 Å². The topological polar surface area (TPSA) is 832 Å². The third-order valence-corrected chi connectivity index (χ3v) is 21.3. The van der Waals surface area contributed by atoms with E-state index in [2.05, 4.69) is 5.32 Å². The molecular weight excluding hydrogens is 1570 g/mol. The highest BCUT2D eigenvalue weighted by atomic mass is 16.8. The summed E-state index contributed by atoms with van der Waals surface area (Å²) in [5.74, 6) is -0.865. The molecule has 10 aliphatic rings. The van der Waals surface area contributed by atoms with Crippen molar-refractivity contribution in [2.75, 3.05) is 66.1 Å². The fourth-order valence-corrected chi connectivity index (χ4v) is 14.7. The Morgan fingerprint density at radius 1 is 0.228 bits per heavy atom. The standard InChI is InChI=1S/C62H105NO51/c1-12(73)63-23-33(83)45(21(10-72)97-53(23)95)107-59-44(94)49(32(82)22(106-59)11-96-54-41(91)46(29(79)18(7-69)98-54)110-60-50(36(86)26(76)15(4-66)103-60)112-56-40(90)35(85)25(75)14(3-65)100-56)111-61-52(38(88)28(78)16(5-67)104-61)114-62-51(37(87)27(77)17(6-68)105-62)113-58-43(93)48(31(81)20(9-71)102-58)109-57-42(92)47(30(80)19(8-70)101-57)108-55-39(89)34(84)24(74)13(2-64)99-55/h13-62,64-72,74-95H,2-11H2,1H3,(H,63,73)/t13-,14-,15-,16-,17-,18-,19-,20-,21-,22-,23-,24-,25-,26-,27-,28-,29-,30-,31-,32-,33-,34+,35+,36-,37+,38+,39-,40+,41+,42-,43+,44+,45-,46+,47+,48+,49+,50+,51+,52+,53?,54+,55-,56-,57-,58-,59+,60-,61-,62-/m1/s1. The van der Waals surface area contributed by atoms with Crippen molar-refractivity contribution in [3.8, 4) is 0 Å². The Kier molecular flexibility index (Phi) is 33.4. The minimum Gasteiger partial charge on any atom is -0.394 e. The number of ether oxygens (including phenoxy) is 19. The summed E-state index contributed by atoms with van der Waals surface area (Å²) < 4.78 is 110. The van der Waals surface area contributed by atoms with E-state index in [1.165, 1.54) is 0 Å². The molecule has 0 bridgehead atoms. The molecule has 114 heavy (non-hydrogen) atoms. The highest BCUT2D eigenvalue weighted by molar-refractivity contribution is 5.73. The fraction of sp³-hybridized carbons (Fsp3) is 0.984. The second-order valence-corrected chi connectivity index (χ2v) is 28.8. The molecule has 10 aliphatic heterocycles. The molecule has 52 heteroatoms. The van der Waals surface area contributed by atoms with E-state index in [-0.39, 0.29) is 0 Å². The number of hydrogen-bond donors (Lipinski definition) is 32. The lowest BCUT2D eigenvalue weighted by Gasteiger charge is -2.51. The van der Waals surface area contributed by atoms with Crippen molar-refractivity contribution in [1.29, 1.82) is 0 Å². The maximum Gasteiger partial charge on any atom is 0.217 e. The highest BCUT2D eigenvalue weighted by Crippen LogP contribution is 2.41. The minimum absolute atomic E-state index is 0.865. The van der Waals surface area contributed by atoms with Gasteiger partial charge in [-0.15, -0.1) is 0 Å². The van der Waals surface area contributed by atoms with Gasteiger partial charge < -0.3 is 254 Å². The Labute approximate surface area is 642 Å². The van der Waals surface area contributed by atoms with Gasteiger partial charge in [0.05, 0.1) is 66.1 Å². The molecule has 10 saturated heterocycles. The Morgan fingerprint density at radius 2 is 0.456 bits per heavy atom. The highest BCUT2D eigenvalue weighted by Gasteiger charge is 2.62. The van der Waals surface area contributed by atoms with Crippen LogP contribution in [-0.4, -0.2) is 537 Å². The van der Waals surface area contributed by atoms with Crippen LogP contribution in [-0.2, 0) is 94.8 Å². The molecule has 0 aromatic rings. The first kappa shape index (κ1) is 93.7. The Hall–Kier alpha value is -2.53. The largest absolute Gasteiger partial charge is 0.394 e. The van der Waals surface area contributed by atoms with Gasteiger partial charge in [0, 0.05) is 6.92 Å². The lowest BCUT2D eigenvalue weighted by Crippen LogP contribution is -2.69. The average Bonchev–Trinajstić information content (AvgIpc) is 0.762. The number of amides is 1. The Balaban J connectivity index is 0.926. The summed E-state index contributed by atoms with van der Waals surface area (Å²) in [7, 11) is 0. The smallest absolute Gasteiger partial charge is 0.217 e. The molecule has 1 amide bonds. The summed E-state index contributed by atoms with van der Waals surface area (Å²) in [6.07, 6.45) is -106. The lowest BCUT2D eigenvalue weighted by molar-refractivity contribution is -0.412. The van der Waals surface area contributed by atoms with Gasteiger partial charge in [0.15, 0.2) is 62.9 Å². The maximum atomic E-state index is 12.4. The molecule has 1 unspecified atom stereocenters. The van der Waals surface area contributed by atoms with Crippen molar-refractivity contribution in [3.63, 3.8) is 0 Å². The summed E-state index contributed by atoms with van der Waals surface area (Å²) in [5, 5.41) is 344. The zero-order chi connectivity index (χ0) is 83.7. The number of nitrogens with one attached hydrogen (secondary N) is 1. The summed E-state index contributed by atoms with van der Waals surface area (Å²) in [5.41, 5.74) is 0. The molecule has 0 saturated carbocycles. The van der Waals surface area contributed by atoms with E-state index in [9.17, 15) is 163 Å². The van der Waals surface area contributed by atoms with E-state index in [1.807, 2.05) is 0 Å². The number of carbonyl (C=O) groups is 1. The molecular formula is C62H105NO51. The van der Waals surface area contributed by atoms with Gasteiger partial charge in [0.2, 0.25) is 5.91 Å². The zero-order valence-electron chi connectivity index (χ0n) is 60.0. The monoisotopic (exact) mass is 1680 g/mol. The number of aliphatic hydroxyl groups is 31. The molecule has 0 radical (unpaired) electrons. The molecule has 52 nitrogen and oxygen atoms in total. The second-order valence-electron chi connectivity index (χ2n) is 28.8. The summed E-state index contributed by atoms with van der Waals surface area (Å²) in [6, 6.07) is -1.78.